The molecule has 0 atom stereocenters. The minimum absolute atomic E-state index is 0.488. The zero-order valence-corrected chi connectivity index (χ0v) is 18.3. The summed E-state index contributed by atoms with van der Waals surface area (Å²) in [6.45, 7) is 4.48. The number of thiophene rings is 1. The minimum Gasteiger partial charge on any atom is -0.355 e. The third-order valence-electron chi connectivity index (χ3n) is 6.88. The predicted molar refractivity (Wildman–Crippen MR) is 126 cm³/mol. The van der Waals surface area contributed by atoms with Gasteiger partial charge in [0.05, 0.1) is 4.88 Å². The lowest BCUT2D eigenvalue weighted by Crippen LogP contribution is -2.48. The lowest BCUT2D eigenvalue weighted by atomic mass is 9.73. The van der Waals surface area contributed by atoms with Crippen LogP contribution in [0.25, 0.3) is 27.5 Å². The molecular weight excluding hydrogens is 404 g/mol. The van der Waals surface area contributed by atoms with Crippen molar-refractivity contribution in [2.24, 2.45) is 5.41 Å². The van der Waals surface area contributed by atoms with Crippen LogP contribution in [0.15, 0.2) is 54.2 Å². The molecule has 0 saturated carbocycles. The highest BCUT2D eigenvalue weighted by Gasteiger charge is 2.36. The number of anilines is 1. The summed E-state index contributed by atoms with van der Waals surface area (Å²) in [5.74, 6) is 1.04. The lowest BCUT2D eigenvalue weighted by molar-refractivity contribution is 0.161. The Morgan fingerprint density at radius 2 is 1.87 bits per heavy atom. The van der Waals surface area contributed by atoms with E-state index < -0.39 is 0 Å². The predicted octanol–water partition coefficient (Wildman–Crippen LogP) is 4.49. The molecule has 6 nitrogen and oxygen atoms in total. The van der Waals surface area contributed by atoms with Crippen molar-refractivity contribution in [3.63, 3.8) is 0 Å². The molecule has 158 valence electrons. The van der Waals surface area contributed by atoms with Crippen LogP contribution in [-0.2, 0) is 0 Å². The van der Waals surface area contributed by atoms with E-state index >= 15 is 0 Å². The molecule has 31 heavy (non-hydrogen) atoms. The standard InChI is InChI=1S/C24H26N6S/c1-3-19(31-16-1)22-23(18-6-12-25-13-7-18)30-20(27-22)4-5-21(28-30)29-14-9-24(10-15-29)8-2-11-26-17-24/h1,3-7,12-13,16,26H,2,8-11,14-15,17H2. The van der Waals surface area contributed by atoms with Gasteiger partial charge in [-0.25, -0.2) is 9.50 Å². The Balaban J connectivity index is 1.39. The van der Waals surface area contributed by atoms with Gasteiger partial charge in [-0.05, 0) is 73.4 Å². The number of pyridine rings is 1. The normalized spacial score (nSPS) is 18.6. The van der Waals surface area contributed by atoms with Crippen molar-refractivity contribution in [2.45, 2.75) is 25.7 Å². The molecule has 2 aliphatic heterocycles. The maximum atomic E-state index is 5.09. The van der Waals surface area contributed by atoms with E-state index in [9.17, 15) is 0 Å². The molecule has 7 heteroatoms. The summed E-state index contributed by atoms with van der Waals surface area (Å²) < 4.78 is 2.02. The lowest BCUT2D eigenvalue weighted by Gasteiger charge is -2.44. The molecule has 1 N–H and O–H groups in total. The van der Waals surface area contributed by atoms with E-state index in [2.05, 4.69) is 44.8 Å². The van der Waals surface area contributed by atoms with Gasteiger partial charge in [0, 0.05) is 37.6 Å². The number of hydrogen-bond acceptors (Lipinski definition) is 6. The van der Waals surface area contributed by atoms with E-state index in [1.807, 2.05) is 29.0 Å². The van der Waals surface area contributed by atoms with Gasteiger partial charge in [0.25, 0.3) is 0 Å². The second-order valence-corrected chi connectivity index (χ2v) is 9.70. The average Bonchev–Trinajstić information content (AvgIpc) is 3.48. The van der Waals surface area contributed by atoms with Gasteiger partial charge >= 0.3 is 0 Å². The number of fused-ring (bicyclic) bond motifs is 1. The van der Waals surface area contributed by atoms with Gasteiger partial charge in [-0.3, -0.25) is 4.98 Å². The molecule has 0 amide bonds. The topological polar surface area (TPSA) is 58.4 Å². The van der Waals surface area contributed by atoms with Crippen LogP contribution in [0.2, 0.25) is 0 Å². The number of piperidine rings is 2. The molecule has 0 bridgehead atoms. The average molecular weight is 431 g/mol. The van der Waals surface area contributed by atoms with Gasteiger partial charge in [-0.2, -0.15) is 0 Å². The first-order chi connectivity index (χ1) is 15.3. The van der Waals surface area contributed by atoms with Crippen LogP contribution < -0.4 is 10.2 Å². The van der Waals surface area contributed by atoms with Crippen LogP contribution >= 0.6 is 11.3 Å². The molecule has 2 fully saturated rings. The maximum Gasteiger partial charge on any atom is 0.155 e. The first kappa shape index (κ1) is 19.0. The first-order valence-corrected chi connectivity index (χ1v) is 12.0. The summed E-state index contributed by atoms with van der Waals surface area (Å²) in [5, 5.41) is 10.8. The Labute approximate surface area is 186 Å². The van der Waals surface area contributed by atoms with Gasteiger partial charge in [-0.15, -0.1) is 16.4 Å². The fourth-order valence-corrected chi connectivity index (χ4v) is 5.83. The van der Waals surface area contributed by atoms with E-state index in [-0.39, 0.29) is 0 Å². The van der Waals surface area contributed by atoms with Gasteiger partial charge < -0.3 is 10.2 Å². The molecule has 0 unspecified atom stereocenters. The third-order valence-corrected chi connectivity index (χ3v) is 7.76. The van der Waals surface area contributed by atoms with Crippen molar-refractivity contribution >= 4 is 22.8 Å². The van der Waals surface area contributed by atoms with Crippen molar-refractivity contribution in [3.05, 3.63) is 54.2 Å². The van der Waals surface area contributed by atoms with Crippen molar-refractivity contribution in [1.29, 1.82) is 0 Å². The second kappa shape index (κ2) is 7.73. The van der Waals surface area contributed by atoms with Crippen LogP contribution in [0.4, 0.5) is 5.82 Å². The van der Waals surface area contributed by atoms with E-state index in [0.29, 0.717) is 5.41 Å². The Morgan fingerprint density at radius 1 is 1.00 bits per heavy atom. The molecule has 4 aromatic rings. The van der Waals surface area contributed by atoms with Gasteiger partial charge in [0.15, 0.2) is 5.65 Å². The van der Waals surface area contributed by atoms with Gasteiger partial charge in [0.1, 0.15) is 17.2 Å². The summed E-state index contributed by atoms with van der Waals surface area (Å²) >= 11 is 1.71. The summed E-state index contributed by atoms with van der Waals surface area (Å²) in [4.78, 5) is 12.8. The van der Waals surface area contributed by atoms with E-state index in [1.165, 1.54) is 38.8 Å². The highest BCUT2D eigenvalue weighted by Crippen LogP contribution is 2.39. The molecular formula is C24H26N6S. The monoisotopic (exact) mass is 430 g/mol. The number of nitrogens with zero attached hydrogens (tertiary/aromatic N) is 5. The number of hydrogen-bond donors (Lipinski definition) is 1. The highest BCUT2D eigenvalue weighted by atomic mass is 32.1. The molecule has 0 aliphatic carbocycles. The smallest absolute Gasteiger partial charge is 0.155 e. The number of aromatic nitrogens is 4. The van der Waals surface area contributed by atoms with E-state index in [1.54, 1.807) is 11.3 Å². The van der Waals surface area contributed by atoms with Gasteiger partial charge in [-0.1, -0.05) is 6.07 Å². The Hall–Kier alpha value is -2.77. The Bertz CT molecular complexity index is 1170. The Kier molecular flexibility index (Phi) is 4.73. The largest absolute Gasteiger partial charge is 0.355 e. The van der Waals surface area contributed by atoms with Crippen LogP contribution in [0.1, 0.15) is 25.7 Å². The fourth-order valence-electron chi connectivity index (χ4n) is 5.11. The Morgan fingerprint density at radius 3 is 2.61 bits per heavy atom. The second-order valence-electron chi connectivity index (χ2n) is 8.75. The fraction of sp³-hybridized carbons (Fsp3) is 0.375. The number of imidazole rings is 1. The van der Waals surface area contributed by atoms with Crippen LogP contribution in [0, 0.1) is 5.41 Å². The van der Waals surface area contributed by atoms with E-state index in [0.717, 1.165) is 46.4 Å². The first-order valence-electron chi connectivity index (χ1n) is 11.1. The zero-order valence-electron chi connectivity index (χ0n) is 17.5. The van der Waals surface area contributed by atoms with E-state index in [4.69, 9.17) is 10.1 Å². The summed E-state index contributed by atoms with van der Waals surface area (Å²) in [6.07, 6.45) is 8.80. The van der Waals surface area contributed by atoms with Crippen molar-refractivity contribution < 1.29 is 0 Å². The molecule has 6 heterocycles. The summed E-state index contributed by atoms with van der Waals surface area (Å²) in [6, 6.07) is 12.5. The van der Waals surface area contributed by atoms with Crippen molar-refractivity contribution in [3.8, 4) is 21.8 Å². The molecule has 4 aromatic heterocycles. The van der Waals surface area contributed by atoms with Crippen LogP contribution in [0.5, 0.6) is 0 Å². The summed E-state index contributed by atoms with van der Waals surface area (Å²) in [5.41, 5.74) is 4.47. The van der Waals surface area contributed by atoms with Gasteiger partial charge in [0.2, 0.25) is 0 Å². The molecule has 2 aliphatic rings. The SMILES string of the molecule is c1csc(-c2nc3ccc(N4CCC5(CCCNC5)CC4)nn3c2-c2ccncc2)c1. The minimum atomic E-state index is 0.488. The zero-order chi connectivity index (χ0) is 20.7. The number of rotatable bonds is 3. The molecule has 2 saturated heterocycles. The maximum absolute atomic E-state index is 5.09. The third kappa shape index (κ3) is 3.42. The van der Waals surface area contributed by atoms with Crippen molar-refractivity contribution in [2.75, 3.05) is 31.1 Å². The molecule has 0 aromatic carbocycles. The molecule has 1 spiro atoms. The molecule has 6 rings (SSSR count). The van der Waals surface area contributed by atoms with Crippen LogP contribution in [0.3, 0.4) is 0 Å². The van der Waals surface area contributed by atoms with Crippen LogP contribution in [-0.4, -0.2) is 45.8 Å². The quantitative estimate of drug-likeness (QED) is 0.519. The molecule has 0 radical (unpaired) electrons. The number of nitrogens with one attached hydrogen (secondary N) is 1. The summed E-state index contributed by atoms with van der Waals surface area (Å²) in [7, 11) is 0. The van der Waals surface area contributed by atoms with Crippen molar-refractivity contribution in [1.82, 2.24) is 24.9 Å². The highest BCUT2D eigenvalue weighted by molar-refractivity contribution is 7.13.